The SMILES string of the molecule is C=CC(=O)O[Si](CC)(OC(=O)C=C)OC(=O)C=C. The van der Waals surface area contributed by atoms with E-state index in [4.69, 9.17) is 13.3 Å². The molecule has 7 heteroatoms. The maximum absolute atomic E-state index is 11.2. The van der Waals surface area contributed by atoms with E-state index in [0.717, 1.165) is 18.2 Å². The van der Waals surface area contributed by atoms with Gasteiger partial charge in [-0.1, -0.05) is 26.7 Å². The van der Waals surface area contributed by atoms with Gasteiger partial charge in [0, 0.05) is 18.2 Å². The van der Waals surface area contributed by atoms with Gasteiger partial charge in [0.15, 0.2) is 0 Å². The lowest BCUT2D eigenvalue weighted by Gasteiger charge is -2.24. The highest BCUT2D eigenvalue weighted by Gasteiger charge is 2.50. The molecule has 0 saturated heterocycles. The quantitative estimate of drug-likeness (QED) is 0.510. The van der Waals surface area contributed by atoms with E-state index in [1.165, 1.54) is 0 Å². The number of rotatable bonds is 7. The summed E-state index contributed by atoms with van der Waals surface area (Å²) in [6.45, 7) is 11.2. The van der Waals surface area contributed by atoms with Crippen LogP contribution in [0.5, 0.6) is 0 Å². The van der Waals surface area contributed by atoms with Gasteiger partial charge in [0.25, 0.3) is 0 Å². The second kappa shape index (κ2) is 7.23. The van der Waals surface area contributed by atoms with Gasteiger partial charge in [0.1, 0.15) is 0 Å². The lowest BCUT2D eigenvalue weighted by molar-refractivity contribution is -0.144. The molecule has 0 heterocycles. The molecule has 0 aromatic carbocycles. The molecule has 18 heavy (non-hydrogen) atoms. The summed E-state index contributed by atoms with van der Waals surface area (Å²) >= 11 is 0. The van der Waals surface area contributed by atoms with Crippen LogP contribution in [0.4, 0.5) is 0 Å². The monoisotopic (exact) mass is 270 g/mol. The van der Waals surface area contributed by atoms with E-state index in [-0.39, 0.29) is 6.04 Å². The molecule has 0 bridgehead atoms. The minimum atomic E-state index is -3.78. The largest absolute Gasteiger partial charge is 0.705 e. The van der Waals surface area contributed by atoms with E-state index in [1.54, 1.807) is 6.92 Å². The van der Waals surface area contributed by atoms with E-state index in [9.17, 15) is 14.4 Å². The fourth-order valence-corrected chi connectivity index (χ4v) is 2.59. The number of carbonyl (C=O) groups is 3. The Morgan fingerprint density at radius 2 is 1.17 bits per heavy atom. The Labute approximate surface area is 106 Å². The van der Waals surface area contributed by atoms with Crippen molar-refractivity contribution >= 4 is 26.7 Å². The summed E-state index contributed by atoms with van der Waals surface area (Å²) in [4.78, 5) is 33.6. The highest BCUT2D eigenvalue weighted by Crippen LogP contribution is 2.17. The predicted molar refractivity (Wildman–Crippen MR) is 65.1 cm³/mol. The molecule has 0 aliphatic carbocycles. The van der Waals surface area contributed by atoms with Crippen LogP contribution < -0.4 is 0 Å². The van der Waals surface area contributed by atoms with Crippen molar-refractivity contribution in [1.29, 1.82) is 0 Å². The van der Waals surface area contributed by atoms with Crippen LogP contribution in [-0.2, 0) is 27.7 Å². The summed E-state index contributed by atoms with van der Waals surface area (Å²) < 4.78 is 14.6. The molecule has 0 radical (unpaired) electrons. The number of hydrogen-bond acceptors (Lipinski definition) is 6. The first-order chi connectivity index (χ1) is 8.42. The molecule has 0 spiro atoms. The molecule has 0 atom stereocenters. The fourth-order valence-electron chi connectivity index (χ4n) is 0.864. The van der Waals surface area contributed by atoms with Crippen LogP contribution in [0.15, 0.2) is 38.0 Å². The van der Waals surface area contributed by atoms with Gasteiger partial charge in [-0.25, -0.2) is 14.4 Å². The van der Waals surface area contributed by atoms with E-state index in [2.05, 4.69) is 19.7 Å². The van der Waals surface area contributed by atoms with Crippen molar-refractivity contribution in [2.45, 2.75) is 13.0 Å². The van der Waals surface area contributed by atoms with Crippen molar-refractivity contribution in [1.82, 2.24) is 0 Å². The van der Waals surface area contributed by atoms with Gasteiger partial charge in [0.2, 0.25) is 0 Å². The van der Waals surface area contributed by atoms with E-state index in [1.807, 2.05) is 0 Å². The Bertz CT molecular complexity index is 332. The van der Waals surface area contributed by atoms with Crippen LogP contribution in [0.3, 0.4) is 0 Å². The van der Waals surface area contributed by atoms with Gasteiger partial charge in [-0.2, -0.15) is 0 Å². The highest BCUT2D eigenvalue weighted by molar-refractivity contribution is 6.66. The maximum atomic E-state index is 11.2. The zero-order chi connectivity index (χ0) is 14.2. The zero-order valence-corrected chi connectivity index (χ0v) is 11.0. The van der Waals surface area contributed by atoms with E-state index >= 15 is 0 Å². The summed E-state index contributed by atoms with van der Waals surface area (Å²) in [6, 6.07) is 0.0335. The summed E-state index contributed by atoms with van der Waals surface area (Å²) in [5, 5.41) is 0. The Morgan fingerprint density at radius 1 is 0.889 bits per heavy atom. The summed E-state index contributed by atoms with van der Waals surface area (Å²) in [5.74, 6) is -2.55. The molecule has 0 aromatic rings. The van der Waals surface area contributed by atoms with Crippen molar-refractivity contribution in [3.8, 4) is 0 Å². The van der Waals surface area contributed by atoms with Crippen LogP contribution in [0.2, 0.25) is 6.04 Å². The number of hydrogen-bond donors (Lipinski definition) is 0. The van der Waals surface area contributed by atoms with Gasteiger partial charge in [-0.05, 0) is 0 Å². The van der Waals surface area contributed by atoms with Crippen molar-refractivity contribution in [3.63, 3.8) is 0 Å². The van der Waals surface area contributed by atoms with Gasteiger partial charge in [0.05, 0.1) is 6.04 Å². The van der Waals surface area contributed by atoms with Crippen molar-refractivity contribution in [2.24, 2.45) is 0 Å². The molecule has 0 amide bonds. The summed E-state index contributed by atoms with van der Waals surface area (Å²) in [6.07, 6.45) is 2.63. The Balaban J connectivity index is 5.15. The normalized spacial score (nSPS) is 9.83. The first kappa shape index (κ1) is 15.8. The van der Waals surface area contributed by atoms with Gasteiger partial charge in [-0.3, -0.25) is 0 Å². The molecular formula is C11H14O6Si. The predicted octanol–water partition coefficient (Wildman–Crippen LogP) is 1.13. The standard InChI is InChI=1S/C11H14O6Si/c1-5-9(12)15-18(8-4,16-10(13)6-2)17-11(14)7-3/h5-7H,1-3,8H2,4H3. The van der Waals surface area contributed by atoms with Crippen LogP contribution in [-0.4, -0.2) is 26.7 Å². The van der Waals surface area contributed by atoms with E-state index < -0.39 is 26.7 Å². The molecule has 0 N–H and O–H groups in total. The first-order valence-electron chi connectivity index (χ1n) is 4.99. The molecule has 0 rings (SSSR count). The van der Waals surface area contributed by atoms with Crippen molar-refractivity contribution in [3.05, 3.63) is 38.0 Å². The van der Waals surface area contributed by atoms with Gasteiger partial charge < -0.3 is 13.3 Å². The lowest BCUT2D eigenvalue weighted by Crippen LogP contribution is -2.49. The fraction of sp³-hybridized carbons (Fsp3) is 0.182. The lowest BCUT2D eigenvalue weighted by atomic mass is 10.7. The van der Waals surface area contributed by atoms with Crippen LogP contribution in [0.25, 0.3) is 0 Å². The van der Waals surface area contributed by atoms with Crippen molar-refractivity contribution < 1.29 is 27.7 Å². The Morgan fingerprint density at radius 3 is 1.33 bits per heavy atom. The Kier molecular flexibility index (Phi) is 6.36. The third-order valence-corrected chi connectivity index (χ3v) is 4.10. The van der Waals surface area contributed by atoms with Crippen molar-refractivity contribution in [2.75, 3.05) is 0 Å². The Hall–Kier alpha value is -2.15. The molecule has 0 saturated carbocycles. The minimum absolute atomic E-state index is 0.0335. The van der Waals surface area contributed by atoms with Gasteiger partial charge >= 0.3 is 26.7 Å². The molecule has 0 aliphatic rings. The third-order valence-electron chi connectivity index (χ3n) is 1.70. The first-order valence-corrected chi connectivity index (χ1v) is 6.92. The summed E-state index contributed by atoms with van der Waals surface area (Å²) in [5.41, 5.74) is 0. The van der Waals surface area contributed by atoms with E-state index in [0.29, 0.717) is 0 Å². The van der Waals surface area contributed by atoms with Crippen LogP contribution >= 0.6 is 0 Å². The highest BCUT2D eigenvalue weighted by atomic mass is 28.4. The number of carbonyl (C=O) groups excluding carboxylic acids is 3. The topological polar surface area (TPSA) is 78.9 Å². The molecule has 6 nitrogen and oxygen atoms in total. The molecule has 0 fully saturated rings. The smallest absolute Gasteiger partial charge is 0.452 e. The molecule has 0 aliphatic heterocycles. The molecule has 0 aromatic heterocycles. The maximum Gasteiger partial charge on any atom is 0.705 e. The molecule has 98 valence electrons. The third kappa shape index (κ3) is 4.79. The average Bonchev–Trinajstić information content (AvgIpc) is 2.37. The minimum Gasteiger partial charge on any atom is -0.452 e. The zero-order valence-electron chi connectivity index (χ0n) is 10.0. The molecular weight excluding hydrogens is 256 g/mol. The van der Waals surface area contributed by atoms with Gasteiger partial charge in [-0.15, -0.1) is 0 Å². The van der Waals surface area contributed by atoms with Crippen LogP contribution in [0, 0.1) is 0 Å². The second-order valence-corrected chi connectivity index (χ2v) is 5.60. The second-order valence-electron chi connectivity index (χ2n) is 2.91. The molecule has 0 unspecified atom stereocenters. The summed E-state index contributed by atoms with van der Waals surface area (Å²) in [7, 11) is -3.78. The average molecular weight is 270 g/mol. The van der Waals surface area contributed by atoms with Crippen LogP contribution in [0.1, 0.15) is 6.92 Å².